The van der Waals surface area contributed by atoms with E-state index in [1.807, 2.05) is 84.9 Å². The van der Waals surface area contributed by atoms with Crippen molar-refractivity contribution in [2.45, 2.75) is 18.1 Å². The van der Waals surface area contributed by atoms with Gasteiger partial charge < -0.3 is 11.5 Å². The Balaban J connectivity index is 0.000000191. The maximum absolute atomic E-state index is 11.3. The van der Waals surface area contributed by atoms with E-state index >= 15 is 0 Å². The van der Waals surface area contributed by atoms with Gasteiger partial charge >= 0.3 is 0 Å². The first-order chi connectivity index (χ1) is 29.8. The molecule has 0 saturated heterocycles. The van der Waals surface area contributed by atoms with Crippen LogP contribution in [0.25, 0.3) is 44.6 Å². The molecule has 8 rings (SSSR count). The van der Waals surface area contributed by atoms with Crippen molar-refractivity contribution in [3.63, 3.8) is 0 Å². The van der Waals surface area contributed by atoms with Gasteiger partial charge in [0.1, 0.15) is 11.0 Å². The molecule has 0 unspecified atom stereocenters. The molecule has 17 heteroatoms. The molecule has 0 aliphatic rings. The van der Waals surface area contributed by atoms with Crippen molar-refractivity contribution in [2.75, 3.05) is 16.8 Å². The zero-order valence-electron chi connectivity index (χ0n) is 31.9. The van der Waals surface area contributed by atoms with Gasteiger partial charge in [0, 0.05) is 27.4 Å². The van der Waals surface area contributed by atoms with Gasteiger partial charge in [-0.2, -0.15) is 0 Å². The molecule has 63 heavy (non-hydrogen) atoms. The SMILES string of the molecule is C.Clc1ccccc1-c1nc2c(Cl)cccc2nc1CBr.Clc1ccccc1-c1nc2cccc(Cl)c2nc1CBr.Nc1cccc(Cl)c1N.O=C(CBr)C(=O)c1ccccc1Cl. The number of nitrogens with zero attached hydrogens (tertiary/aromatic N) is 4. The Bertz CT molecular complexity index is 2870. The second-order valence-electron chi connectivity index (χ2n) is 12.6. The van der Waals surface area contributed by atoms with Gasteiger partial charge in [0.15, 0.2) is 0 Å². The minimum atomic E-state index is -0.553. The number of nitrogen functional groups attached to an aromatic ring is 2. The quantitative estimate of drug-likeness (QED) is 0.0696. The molecule has 0 radical (unpaired) electrons. The topological polar surface area (TPSA) is 138 Å². The first-order valence-corrected chi connectivity index (χ1v) is 23.6. The largest absolute Gasteiger partial charge is 0.397 e. The van der Waals surface area contributed by atoms with Crippen molar-refractivity contribution in [2.24, 2.45) is 0 Å². The molecule has 0 saturated carbocycles. The lowest BCUT2D eigenvalue weighted by molar-refractivity contribution is -0.112. The first-order valence-electron chi connectivity index (χ1n) is 18.0. The Labute approximate surface area is 420 Å². The molecule has 8 nitrogen and oxygen atoms in total. The van der Waals surface area contributed by atoms with E-state index in [2.05, 4.69) is 67.7 Å². The van der Waals surface area contributed by atoms with Gasteiger partial charge in [0.05, 0.1) is 80.6 Å². The number of carbonyl (C=O) groups excluding carboxylic acids is 2. The third-order valence-corrected chi connectivity index (χ3v) is 12.0. The standard InChI is InChI=1S/2C15H9BrCl2N2.C9H6BrClO2.C6H7ClN2.CH4/c16-8-13-14(9-4-1-2-5-10(9)17)19-12-7-3-6-11(18)15(12)20-13;16-8-13-14(9-4-1-2-5-10(9)17)20-15-11(18)6-3-7-12(15)19-13;10-5-8(12)9(13)6-3-1-2-4-7(6)11;7-4-2-1-3-5(8)6(4)9;/h2*1-7H,8H2;1-4H,5H2;1-3H,8-9H2;1H4. The summed E-state index contributed by atoms with van der Waals surface area (Å²) >= 11 is 46.1. The van der Waals surface area contributed by atoms with Crippen LogP contribution in [-0.2, 0) is 15.5 Å². The number of Topliss-reactive ketones (excluding diaryl/α,β-unsaturated/α-hetero) is 2. The molecule has 6 aromatic carbocycles. The zero-order chi connectivity index (χ0) is 44.9. The number of para-hydroxylation sites is 3. The fourth-order valence-corrected chi connectivity index (χ4v) is 7.81. The van der Waals surface area contributed by atoms with E-state index in [0.717, 1.165) is 44.9 Å². The second-order valence-corrected chi connectivity index (χ2v) is 16.7. The van der Waals surface area contributed by atoms with Crippen LogP contribution in [0, 0.1) is 0 Å². The Morgan fingerprint density at radius 3 is 1.40 bits per heavy atom. The van der Waals surface area contributed by atoms with Gasteiger partial charge in [0.2, 0.25) is 11.6 Å². The normalized spacial score (nSPS) is 10.3. The average Bonchev–Trinajstić information content (AvgIpc) is 3.28. The number of rotatable bonds is 7. The van der Waals surface area contributed by atoms with Crippen LogP contribution in [-0.4, -0.2) is 36.8 Å². The highest BCUT2D eigenvalue weighted by atomic mass is 79.9. The monoisotopic (exact) mass is 1150 g/mol. The van der Waals surface area contributed by atoms with Crippen LogP contribution in [0.3, 0.4) is 0 Å². The molecule has 0 bridgehead atoms. The van der Waals surface area contributed by atoms with Gasteiger partial charge in [-0.25, -0.2) is 19.9 Å². The summed E-state index contributed by atoms with van der Waals surface area (Å²) in [6, 6.07) is 38.0. The molecule has 0 atom stereocenters. The number of fused-ring (bicyclic) bond motifs is 2. The molecule has 0 amide bonds. The number of benzene rings is 6. The molecule has 0 aliphatic heterocycles. The van der Waals surface area contributed by atoms with Crippen LogP contribution < -0.4 is 11.5 Å². The van der Waals surface area contributed by atoms with Gasteiger partial charge in [-0.3, -0.25) is 9.59 Å². The Morgan fingerprint density at radius 1 is 0.476 bits per heavy atom. The summed E-state index contributed by atoms with van der Waals surface area (Å²) in [7, 11) is 0. The summed E-state index contributed by atoms with van der Waals surface area (Å²) in [6.45, 7) is 0. The highest BCUT2D eigenvalue weighted by molar-refractivity contribution is 9.09. The third-order valence-electron chi connectivity index (χ3n) is 8.53. The average molecular weight is 1160 g/mol. The van der Waals surface area contributed by atoms with Crippen molar-refractivity contribution < 1.29 is 9.59 Å². The molecule has 324 valence electrons. The lowest BCUT2D eigenvalue weighted by Crippen LogP contribution is -2.15. The van der Waals surface area contributed by atoms with E-state index in [1.54, 1.807) is 36.4 Å². The molecule has 0 aliphatic carbocycles. The fourth-order valence-electron chi connectivity index (χ4n) is 5.49. The summed E-state index contributed by atoms with van der Waals surface area (Å²) in [6.07, 6.45) is 0. The number of anilines is 2. The maximum Gasteiger partial charge on any atom is 0.230 e. The van der Waals surface area contributed by atoms with E-state index in [1.165, 1.54) is 6.07 Å². The molecular formula is C46H35Br3Cl6N6O2. The lowest BCUT2D eigenvalue weighted by Gasteiger charge is -2.10. The Hall–Kier alpha value is -3.88. The number of nitrogens with two attached hydrogens (primary N) is 2. The maximum atomic E-state index is 11.3. The zero-order valence-corrected chi connectivity index (χ0v) is 41.2. The molecule has 2 aromatic heterocycles. The van der Waals surface area contributed by atoms with E-state index in [-0.39, 0.29) is 18.3 Å². The predicted molar refractivity (Wildman–Crippen MR) is 277 cm³/mol. The van der Waals surface area contributed by atoms with E-state index in [4.69, 9.17) is 81.1 Å². The summed E-state index contributed by atoms with van der Waals surface area (Å²) in [5, 5.41) is 4.52. The number of hydrogen-bond donors (Lipinski definition) is 2. The number of carbonyl (C=O) groups is 2. The molecule has 4 N–H and O–H groups in total. The highest BCUT2D eigenvalue weighted by Crippen LogP contribution is 2.34. The summed E-state index contributed by atoms with van der Waals surface area (Å²) in [4.78, 5) is 40.9. The summed E-state index contributed by atoms with van der Waals surface area (Å²) < 4.78 is 0. The van der Waals surface area contributed by atoms with Gasteiger partial charge in [-0.15, -0.1) is 0 Å². The number of halogens is 9. The fraction of sp³-hybridized carbons (Fsp3) is 0.0870. The van der Waals surface area contributed by atoms with E-state index in [9.17, 15) is 9.59 Å². The minimum Gasteiger partial charge on any atom is -0.397 e. The lowest BCUT2D eigenvalue weighted by atomic mass is 10.1. The molecule has 8 aromatic rings. The minimum absolute atomic E-state index is 0. The van der Waals surface area contributed by atoms with E-state index in [0.29, 0.717) is 63.2 Å². The van der Waals surface area contributed by atoms with Gasteiger partial charge in [-0.05, 0) is 60.7 Å². The molecule has 2 heterocycles. The van der Waals surface area contributed by atoms with Crippen molar-refractivity contribution in [1.29, 1.82) is 0 Å². The Kier molecular flexibility index (Phi) is 20.5. The molecular weight excluding hydrogens is 1120 g/mol. The van der Waals surface area contributed by atoms with Crippen LogP contribution in [0.5, 0.6) is 0 Å². The third kappa shape index (κ3) is 13.3. The van der Waals surface area contributed by atoms with Crippen molar-refractivity contribution in [1.82, 2.24) is 19.9 Å². The second kappa shape index (κ2) is 25.0. The van der Waals surface area contributed by atoms with Gasteiger partial charge in [0.25, 0.3) is 0 Å². The van der Waals surface area contributed by atoms with Crippen LogP contribution in [0.2, 0.25) is 30.1 Å². The van der Waals surface area contributed by atoms with Crippen LogP contribution in [0.15, 0.2) is 127 Å². The van der Waals surface area contributed by atoms with Gasteiger partial charge in [-0.1, -0.05) is 192 Å². The number of ketones is 2. The van der Waals surface area contributed by atoms with Crippen molar-refractivity contribution in [3.05, 3.63) is 174 Å². The number of aromatic nitrogens is 4. The van der Waals surface area contributed by atoms with E-state index < -0.39 is 11.6 Å². The van der Waals surface area contributed by atoms with Crippen molar-refractivity contribution in [3.8, 4) is 22.5 Å². The van der Waals surface area contributed by atoms with Crippen molar-refractivity contribution >= 4 is 162 Å². The number of alkyl halides is 3. The first kappa shape index (κ1) is 51.8. The molecule has 0 fully saturated rings. The highest BCUT2D eigenvalue weighted by Gasteiger charge is 2.18. The summed E-state index contributed by atoms with van der Waals surface area (Å²) in [5.41, 5.74) is 19.9. The van der Waals surface area contributed by atoms with Crippen LogP contribution in [0.4, 0.5) is 11.4 Å². The number of hydrogen-bond acceptors (Lipinski definition) is 8. The van der Waals surface area contributed by atoms with Crippen LogP contribution in [0.1, 0.15) is 29.2 Å². The smallest absolute Gasteiger partial charge is 0.230 e. The summed E-state index contributed by atoms with van der Waals surface area (Å²) in [5.74, 6) is -1.05. The van der Waals surface area contributed by atoms with Crippen LogP contribution >= 0.6 is 117 Å². The Morgan fingerprint density at radius 2 is 0.905 bits per heavy atom. The molecule has 0 spiro atoms. The predicted octanol–water partition coefficient (Wildman–Crippen LogP) is 15.6.